The molecule has 1 aromatic rings. The van der Waals surface area contributed by atoms with Gasteiger partial charge in [0.25, 0.3) is 0 Å². The fourth-order valence-corrected chi connectivity index (χ4v) is 1.22. The molecule has 0 atom stereocenters. The Labute approximate surface area is 79.3 Å². The van der Waals surface area contributed by atoms with E-state index in [0.717, 1.165) is 12.1 Å². The maximum Gasteiger partial charge on any atom is 0.217 e. The Bertz CT molecular complexity index is 267. The molecule has 0 unspecified atom stereocenters. The van der Waals surface area contributed by atoms with Gasteiger partial charge in [0.1, 0.15) is 0 Å². The third kappa shape index (κ3) is 2.42. The predicted octanol–water partition coefficient (Wildman–Crippen LogP) is 0.749. The van der Waals surface area contributed by atoms with Gasteiger partial charge in [0.15, 0.2) is 4.73 Å². The molecule has 4 nitrogen and oxygen atoms in total. The lowest BCUT2D eigenvalue weighted by atomic mass is 10.3. The molecule has 0 aliphatic carbocycles. The highest BCUT2D eigenvalue weighted by molar-refractivity contribution is 9.10. The number of nitrogens with zero attached hydrogens (tertiary/aromatic N) is 2. The Morgan fingerprint density at radius 3 is 2.92 bits per heavy atom. The summed E-state index contributed by atoms with van der Waals surface area (Å²) in [5, 5.41) is 0. The van der Waals surface area contributed by atoms with Gasteiger partial charge in [-0.1, -0.05) is 0 Å². The monoisotopic (exact) mass is 231 g/mol. The van der Waals surface area contributed by atoms with Gasteiger partial charge in [-0.25, -0.2) is 4.98 Å². The summed E-state index contributed by atoms with van der Waals surface area (Å²) in [7, 11) is 1.57. The Morgan fingerprint density at radius 1 is 1.58 bits per heavy atom. The maximum atomic E-state index is 5.39. The van der Waals surface area contributed by atoms with Crippen LogP contribution in [0, 0.1) is 0 Å². The fraction of sp³-hybridized carbons (Fsp3) is 0.429. The van der Waals surface area contributed by atoms with Gasteiger partial charge in [-0.05, 0) is 22.5 Å². The third-order valence-corrected chi connectivity index (χ3v) is 1.69. The number of hydrogen-bond donors (Lipinski definition) is 1. The zero-order valence-electron chi connectivity index (χ0n) is 6.75. The second-order valence-electron chi connectivity index (χ2n) is 2.21. The van der Waals surface area contributed by atoms with Crippen molar-refractivity contribution in [2.45, 2.75) is 6.42 Å². The van der Waals surface area contributed by atoms with Crippen molar-refractivity contribution in [1.82, 2.24) is 9.97 Å². The summed E-state index contributed by atoms with van der Waals surface area (Å²) in [6, 6.07) is 1.78. The second-order valence-corrected chi connectivity index (χ2v) is 2.92. The Kier molecular flexibility index (Phi) is 3.43. The molecule has 1 heterocycles. The highest BCUT2D eigenvalue weighted by atomic mass is 79.9. The van der Waals surface area contributed by atoms with Crippen molar-refractivity contribution in [2.75, 3.05) is 13.7 Å². The smallest absolute Gasteiger partial charge is 0.217 e. The van der Waals surface area contributed by atoms with Crippen molar-refractivity contribution >= 4 is 15.9 Å². The molecule has 0 saturated heterocycles. The number of halogens is 1. The van der Waals surface area contributed by atoms with E-state index in [1.165, 1.54) is 0 Å². The molecule has 12 heavy (non-hydrogen) atoms. The van der Waals surface area contributed by atoms with E-state index in [2.05, 4.69) is 25.9 Å². The molecule has 1 rings (SSSR count). The predicted molar refractivity (Wildman–Crippen MR) is 49.0 cm³/mol. The highest BCUT2D eigenvalue weighted by Crippen LogP contribution is 2.12. The quantitative estimate of drug-likeness (QED) is 0.781. The molecule has 0 saturated carbocycles. The van der Waals surface area contributed by atoms with Crippen molar-refractivity contribution in [2.24, 2.45) is 5.73 Å². The van der Waals surface area contributed by atoms with Gasteiger partial charge in [0.2, 0.25) is 5.88 Å². The van der Waals surface area contributed by atoms with E-state index in [1.807, 2.05) is 0 Å². The van der Waals surface area contributed by atoms with Gasteiger partial charge in [0.05, 0.1) is 12.8 Å². The Morgan fingerprint density at radius 2 is 2.33 bits per heavy atom. The van der Waals surface area contributed by atoms with Crippen LogP contribution in [0.1, 0.15) is 5.69 Å². The molecule has 0 fully saturated rings. The van der Waals surface area contributed by atoms with Crippen molar-refractivity contribution in [3.8, 4) is 5.88 Å². The Hall–Kier alpha value is -0.680. The van der Waals surface area contributed by atoms with Gasteiger partial charge in [0, 0.05) is 12.5 Å². The van der Waals surface area contributed by atoms with Crippen LogP contribution < -0.4 is 10.5 Å². The van der Waals surface area contributed by atoms with E-state index in [-0.39, 0.29) is 0 Å². The molecular weight excluding hydrogens is 222 g/mol. The number of nitrogens with two attached hydrogens (primary N) is 1. The van der Waals surface area contributed by atoms with Crippen LogP contribution in [-0.4, -0.2) is 23.6 Å². The number of hydrogen-bond acceptors (Lipinski definition) is 4. The molecule has 0 aliphatic rings. The van der Waals surface area contributed by atoms with E-state index in [4.69, 9.17) is 10.5 Å². The summed E-state index contributed by atoms with van der Waals surface area (Å²) in [6.07, 6.45) is 0.734. The second kappa shape index (κ2) is 4.37. The molecule has 5 heteroatoms. The topological polar surface area (TPSA) is 61.0 Å². The van der Waals surface area contributed by atoms with Crippen LogP contribution in [0.4, 0.5) is 0 Å². The highest BCUT2D eigenvalue weighted by Gasteiger charge is 2.01. The molecule has 0 spiro atoms. The largest absolute Gasteiger partial charge is 0.481 e. The minimum atomic E-state index is 0.533. The standard InChI is InChI=1S/C7H10BrN3O/c1-12-6-4-5(2-3-9)10-7(8)11-6/h4H,2-3,9H2,1H3. The maximum absolute atomic E-state index is 5.39. The minimum absolute atomic E-state index is 0.533. The van der Waals surface area contributed by atoms with Gasteiger partial charge in [-0.3, -0.25) is 0 Å². The SMILES string of the molecule is COc1cc(CCN)nc(Br)n1. The van der Waals surface area contributed by atoms with Crippen LogP contribution in [0.5, 0.6) is 5.88 Å². The molecule has 0 aromatic carbocycles. The molecule has 66 valence electrons. The summed E-state index contributed by atoms with van der Waals surface area (Å²) in [5.74, 6) is 0.556. The number of rotatable bonds is 3. The molecule has 0 aliphatic heterocycles. The van der Waals surface area contributed by atoms with E-state index in [0.29, 0.717) is 17.2 Å². The summed E-state index contributed by atoms with van der Waals surface area (Å²) < 4.78 is 5.49. The summed E-state index contributed by atoms with van der Waals surface area (Å²) in [6.45, 7) is 0.576. The van der Waals surface area contributed by atoms with Crippen molar-refractivity contribution in [3.05, 3.63) is 16.5 Å². The molecule has 2 N–H and O–H groups in total. The van der Waals surface area contributed by atoms with E-state index in [1.54, 1.807) is 13.2 Å². The summed E-state index contributed by atoms with van der Waals surface area (Å²) in [5.41, 5.74) is 6.27. The third-order valence-electron chi connectivity index (χ3n) is 1.34. The van der Waals surface area contributed by atoms with Crippen molar-refractivity contribution in [3.63, 3.8) is 0 Å². The van der Waals surface area contributed by atoms with Crippen LogP contribution in [0.15, 0.2) is 10.8 Å². The lowest BCUT2D eigenvalue weighted by Gasteiger charge is -2.02. The summed E-state index contributed by atoms with van der Waals surface area (Å²) in [4.78, 5) is 8.09. The molecule has 0 bridgehead atoms. The number of methoxy groups -OCH3 is 1. The van der Waals surface area contributed by atoms with E-state index < -0.39 is 0 Å². The number of aromatic nitrogens is 2. The van der Waals surface area contributed by atoms with E-state index >= 15 is 0 Å². The first kappa shape index (κ1) is 9.41. The first-order valence-electron chi connectivity index (χ1n) is 3.53. The normalized spacial score (nSPS) is 9.92. The fourth-order valence-electron chi connectivity index (χ4n) is 0.822. The molecule has 0 radical (unpaired) electrons. The number of ether oxygens (including phenoxy) is 1. The zero-order valence-corrected chi connectivity index (χ0v) is 8.34. The first-order chi connectivity index (χ1) is 5.76. The van der Waals surface area contributed by atoms with Crippen LogP contribution in [0.2, 0.25) is 0 Å². The lowest BCUT2D eigenvalue weighted by molar-refractivity contribution is 0.394. The van der Waals surface area contributed by atoms with Crippen LogP contribution in [-0.2, 0) is 6.42 Å². The first-order valence-corrected chi connectivity index (χ1v) is 4.33. The van der Waals surface area contributed by atoms with Crippen LogP contribution in [0.3, 0.4) is 0 Å². The average Bonchev–Trinajstić information content (AvgIpc) is 2.04. The van der Waals surface area contributed by atoms with Gasteiger partial charge in [-0.2, -0.15) is 4.98 Å². The van der Waals surface area contributed by atoms with Crippen LogP contribution >= 0.6 is 15.9 Å². The van der Waals surface area contributed by atoms with Gasteiger partial charge < -0.3 is 10.5 Å². The van der Waals surface area contributed by atoms with Crippen LogP contribution in [0.25, 0.3) is 0 Å². The summed E-state index contributed by atoms with van der Waals surface area (Å²) >= 11 is 3.18. The Balaban J connectivity index is 2.90. The van der Waals surface area contributed by atoms with Gasteiger partial charge in [-0.15, -0.1) is 0 Å². The molecular formula is C7H10BrN3O. The average molecular weight is 232 g/mol. The zero-order chi connectivity index (χ0) is 8.97. The van der Waals surface area contributed by atoms with Crippen molar-refractivity contribution in [1.29, 1.82) is 0 Å². The lowest BCUT2D eigenvalue weighted by Crippen LogP contribution is -2.05. The van der Waals surface area contributed by atoms with E-state index in [9.17, 15) is 0 Å². The van der Waals surface area contributed by atoms with Gasteiger partial charge >= 0.3 is 0 Å². The van der Waals surface area contributed by atoms with Crippen molar-refractivity contribution < 1.29 is 4.74 Å². The minimum Gasteiger partial charge on any atom is -0.481 e. The molecule has 1 aromatic heterocycles. The molecule has 0 amide bonds.